The lowest BCUT2D eigenvalue weighted by Gasteiger charge is -2.06. The Labute approximate surface area is 131 Å². The molecule has 0 amide bonds. The third kappa shape index (κ3) is 3.08. The van der Waals surface area contributed by atoms with Gasteiger partial charge in [0.05, 0.1) is 10.2 Å². The predicted molar refractivity (Wildman–Crippen MR) is 90.2 cm³/mol. The number of rotatable bonds is 4. The molecule has 2 aromatic carbocycles. The van der Waals surface area contributed by atoms with Gasteiger partial charge in [-0.2, -0.15) is 0 Å². The molecule has 0 unspecified atom stereocenters. The second-order valence-electron chi connectivity index (χ2n) is 4.35. The van der Waals surface area contributed by atoms with Gasteiger partial charge in [-0.15, -0.1) is 11.3 Å². The highest BCUT2D eigenvalue weighted by Crippen LogP contribution is 2.30. The Morgan fingerprint density at radius 1 is 1.25 bits per heavy atom. The highest BCUT2D eigenvalue weighted by atomic mass is 35.5. The van der Waals surface area contributed by atoms with Gasteiger partial charge < -0.3 is 5.32 Å². The predicted octanol–water partition coefficient (Wildman–Crippen LogP) is 5.28. The Balaban J connectivity index is 1.77. The number of hydrogen-bond donors (Lipinski definition) is 1. The zero-order valence-electron chi connectivity index (χ0n) is 10.9. The summed E-state index contributed by atoms with van der Waals surface area (Å²) in [5, 5.41) is 4.19. The van der Waals surface area contributed by atoms with E-state index in [-0.39, 0.29) is 0 Å². The highest BCUT2D eigenvalue weighted by molar-refractivity contribution is 8.00. The van der Waals surface area contributed by atoms with Gasteiger partial charge in [-0.05, 0) is 42.2 Å². The summed E-state index contributed by atoms with van der Waals surface area (Å²) in [6.07, 6.45) is 2.05. The van der Waals surface area contributed by atoms with Crippen LogP contribution in [-0.4, -0.2) is 11.2 Å². The molecular formula is C15H13ClN2S2. The first-order valence-corrected chi connectivity index (χ1v) is 8.59. The van der Waals surface area contributed by atoms with E-state index in [1.165, 1.54) is 10.3 Å². The summed E-state index contributed by atoms with van der Waals surface area (Å²) < 4.78 is 2.32. The van der Waals surface area contributed by atoms with Gasteiger partial charge in [0.1, 0.15) is 0 Å². The number of fused-ring (bicyclic) bond motifs is 1. The molecule has 0 aliphatic rings. The molecule has 0 spiro atoms. The van der Waals surface area contributed by atoms with E-state index in [9.17, 15) is 0 Å². The summed E-state index contributed by atoms with van der Waals surface area (Å²) in [7, 11) is 0. The molecule has 3 aromatic rings. The maximum Gasteiger partial charge on any atom is 0.150 e. The first kappa shape index (κ1) is 13.7. The molecule has 1 heterocycles. The summed E-state index contributed by atoms with van der Waals surface area (Å²) in [5.74, 6) is 0. The molecule has 2 nitrogen and oxygen atoms in total. The van der Waals surface area contributed by atoms with E-state index in [2.05, 4.69) is 40.8 Å². The molecule has 3 rings (SSSR count). The minimum absolute atomic E-state index is 0.764. The normalized spacial score (nSPS) is 10.9. The Hall–Kier alpha value is -1.23. The minimum atomic E-state index is 0.764. The van der Waals surface area contributed by atoms with Gasteiger partial charge in [-0.3, -0.25) is 0 Å². The van der Waals surface area contributed by atoms with Crippen molar-refractivity contribution >= 4 is 50.6 Å². The summed E-state index contributed by atoms with van der Waals surface area (Å²) in [6.45, 7) is 0.764. The molecule has 0 aliphatic carbocycles. The molecule has 0 saturated carbocycles. The third-order valence-corrected chi connectivity index (χ3v) is 5.17. The van der Waals surface area contributed by atoms with Crippen LogP contribution in [0.15, 0.2) is 46.8 Å². The molecule has 0 fully saturated rings. The Kier molecular flexibility index (Phi) is 4.15. The molecular weight excluding hydrogens is 308 g/mol. The fourth-order valence-electron chi connectivity index (χ4n) is 1.95. The van der Waals surface area contributed by atoms with Gasteiger partial charge in [-0.25, -0.2) is 4.98 Å². The van der Waals surface area contributed by atoms with Crippen LogP contribution in [0.4, 0.5) is 5.69 Å². The average Bonchev–Trinajstić information content (AvgIpc) is 2.87. The molecule has 5 heteroatoms. The number of nitrogens with zero attached hydrogens (tertiary/aromatic N) is 1. The summed E-state index contributed by atoms with van der Waals surface area (Å²) >= 11 is 9.40. The summed E-state index contributed by atoms with van der Waals surface area (Å²) in [6, 6.07) is 14.2. The molecule has 1 N–H and O–H groups in total. The van der Waals surface area contributed by atoms with Crippen molar-refractivity contribution in [3.8, 4) is 0 Å². The van der Waals surface area contributed by atoms with Gasteiger partial charge in [0, 0.05) is 17.3 Å². The van der Waals surface area contributed by atoms with E-state index in [0.29, 0.717) is 0 Å². The van der Waals surface area contributed by atoms with Crippen LogP contribution < -0.4 is 5.32 Å². The lowest BCUT2D eigenvalue weighted by Crippen LogP contribution is -1.98. The Bertz CT molecular complexity index is 740. The number of benzene rings is 2. The van der Waals surface area contributed by atoms with Gasteiger partial charge in [0.15, 0.2) is 4.34 Å². The Morgan fingerprint density at radius 3 is 2.95 bits per heavy atom. The van der Waals surface area contributed by atoms with Crippen molar-refractivity contribution in [2.45, 2.75) is 10.9 Å². The minimum Gasteiger partial charge on any atom is -0.381 e. The molecule has 0 saturated heterocycles. The van der Waals surface area contributed by atoms with E-state index < -0.39 is 0 Å². The number of nitrogens with one attached hydrogen (secondary N) is 1. The van der Waals surface area contributed by atoms with Crippen molar-refractivity contribution in [1.82, 2.24) is 4.98 Å². The Morgan fingerprint density at radius 2 is 2.15 bits per heavy atom. The maximum atomic E-state index is 5.99. The maximum absolute atomic E-state index is 5.99. The molecule has 1 aromatic heterocycles. The topological polar surface area (TPSA) is 24.9 Å². The number of anilines is 1. The van der Waals surface area contributed by atoms with Crippen molar-refractivity contribution in [2.75, 3.05) is 11.6 Å². The van der Waals surface area contributed by atoms with Gasteiger partial charge in [0.2, 0.25) is 0 Å². The molecule has 20 heavy (non-hydrogen) atoms. The van der Waals surface area contributed by atoms with Crippen LogP contribution in [0.2, 0.25) is 5.02 Å². The van der Waals surface area contributed by atoms with E-state index >= 15 is 0 Å². The zero-order valence-corrected chi connectivity index (χ0v) is 13.3. The first-order valence-electron chi connectivity index (χ1n) is 6.17. The van der Waals surface area contributed by atoms with Crippen molar-refractivity contribution in [3.63, 3.8) is 0 Å². The third-order valence-electron chi connectivity index (χ3n) is 2.93. The molecule has 102 valence electrons. The van der Waals surface area contributed by atoms with Crippen molar-refractivity contribution in [1.29, 1.82) is 0 Å². The van der Waals surface area contributed by atoms with E-state index in [1.807, 2.05) is 18.2 Å². The van der Waals surface area contributed by atoms with Crippen LogP contribution in [0.1, 0.15) is 5.56 Å². The number of halogens is 1. The van der Waals surface area contributed by atoms with Crippen LogP contribution >= 0.6 is 34.7 Å². The van der Waals surface area contributed by atoms with Crippen LogP contribution in [0.5, 0.6) is 0 Å². The molecule has 0 atom stereocenters. The van der Waals surface area contributed by atoms with Crippen LogP contribution in [0.3, 0.4) is 0 Å². The first-order chi connectivity index (χ1) is 9.74. The fraction of sp³-hybridized carbons (Fsp3) is 0.133. The zero-order chi connectivity index (χ0) is 13.9. The van der Waals surface area contributed by atoms with Crippen molar-refractivity contribution in [2.24, 2.45) is 0 Å². The van der Waals surface area contributed by atoms with Crippen molar-refractivity contribution < 1.29 is 0 Å². The van der Waals surface area contributed by atoms with Crippen LogP contribution in [-0.2, 0) is 6.54 Å². The molecule has 0 bridgehead atoms. The monoisotopic (exact) mass is 320 g/mol. The van der Waals surface area contributed by atoms with E-state index in [4.69, 9.17) is 11.6 Å². The number of thiazole rings is 1. The number of aromatic nitrogens is 1. The quantitative estimate of drug-likeness (QED) is 0.662. The number of hydrogen-bond acceptors (Lipinski definition) is 4. The van der Waals surface area contributed by atoms with Crippen LogP contribution in [0, 0.1) is 0 Å². The lowest BCUT2D eigenvalue weighted by atomic mass is 10.2. The van der Waals surface area contributed by atoms with E-state index in [0.717, 1.165) is 27.1 Å². The highest BCUT2D eigenvalue weighted by Gasteiger charge is 2.03. The standard InChI is InChI=1S/C15H13ClN2S2/c1-19-15-18-13-6-5-12(8-14(13)20-15)17-9-10-3-2-4-11(16)7-10/h2-8,17H,9H2,1H3. The van der Waals surface area contributed by atoms with Gasteiger partial charge in [-0.1, -0.05) is 35.5 Å². The second kappa shape index (κ2) is 6.04. The summed E-state index contributed by atoms with van der Waals surface area (Å²) in [4.78, 5) is 4.54. The fourth-order valence-corrected chi connectivity index (χ4v) is 3.69. The van der Waals surface area contributed by atoms with Crippen LogP contribution in [0.25, 0.3) is 10.2 Å². The largest absolute Gasteiger partial charge is 0.381 e. The van der Waals surface area contributed by atoms with E-state index in [1.54, 1.807) is 23.1 Å². The SMILES string of the molecule is CSc1nc2ccc(NCc3cccc(Cl)c3)cc2s1. The smallest absolute Gasteiger partial charge is 0.150 e. The average molecular weight is 321 g/mol. The number of thioether (sulfide) groups is 1. The summed E-state index contributed by atoms with van der Waals surface area (Å²) in [5.41, 5.74) is 3.34. The molecule has 0 radical (unpaired) electrons. The second-order valence-corrected chi connectivity index (χ2v) is 6.87. The van der Waals surface area contributed by atoms with Crippen molar-refractivity contribution in [3.05, 3.63) is 53.1 Å². The van der Waals surface area contributed by atoms with Gasteiger partial charge >= 0.3 is 0 Å². The van der Waals surface area contributed by atoms with Gasteiger partial charge in [0.25, 0.3) is 0 Å². The molecule has 0 aliphatic heterocycles. The lowest BCUT2D eigenvalue weighted by molar-refractivity contribution is 1.15.